The molecule has 2 aliphatic heterocycles. The van der Waals surface area contributed by atoms with Crippen LogP contribution in [0, 0.1) is 0 Å². The quantitative estimate of drug-likeness (QED) is 0.795. The van der Waals surface area contributed by atoms with Crippen LogP contribution in [0.5, 0.6) is 0 Å². The highest BCUT2D eigenvalue weighted by Gasteiger charge is 2.27. The molecule has 2 aliphatic rings. The average molecular weight is 385 g/mol. The van der Waals surface area contributed by atoms with Gasteiger partial charge in [0, 0.05) is 13.1 Å². The number of hydrazone groups is 2. The molecule has 0 atom stereocenters. The van der Waals surface area contributed by atoms with E-state index in [1.54, 1.807) is 6.21 Å². The minimum absolute atomic E-state index is 0.581. The van der Waals surface area contributed by atoms with Gasteiger partial charge in [-0.05, 0) is 52.2 Å². The Morgan fingerprint density at radius 3 is 2.50 bits per heavy atom. The van der Waals surface area contributed by atoms with Gasteiger partial charge >= 0.3 is 0 Å². The van der Waals surface area contributed by atoms with Gasteiger partial charge in [0.05, 0.1) is 6.21 Å². The van der Waals surface area contributed by atoms with Crippen molar-refractivity contribution in [1.82, 2.24) is 15.5 Å². The second-order valence-corrected chi connectivity index (χ2v) is 5.95. The maximum Gasteiger partial charge on any atom is 0.146 e. The van der Waals surface area contributed by atoms with Gasteiger partial charge in [0.1, 0.15) is 3.72 Å². The summed E-state index contributed by atoms with van der Waals surface area (Å²) in [5.74, 6) is 0.581. The number of benzene rings is 1. The molecule has 0 saturated carbocycles. The zero-order valence-corrected chi connectivity index (χ0v) is 13.1. The van der Waals surface area contributed by atoms with E-state index in [0.29, 0.717) is 9.64 Å². The lowest BCUT2D eigenvalue weighted by Crippen LogP contribution is -2.51. The number of hydrogen-bond acceptors (Lipinski definition) is 6. The highest BCUT2D eigenvalue weighted by Crippen LogP contribution is 2.29. The van der Waals surface area contributed by atoms with Crippen molar-refractivity contribution in [3.8, 4) is 0 Å². The minimum atomic E-state index is 0.581. The van der Waals surface area contributed by atoms with E-state index in [0.717, 1.165) is 31.2 Å². The lowest BCUT2D eigenvalue weighted by molar-refractivity contribution is -0.330. The number of hydrogen-bond donors (Lipinski definition) is 1. The van der Waals surface area contributed by atoms with Crippen molar-refractivity contribution < 1.29 is 5.21 Å². The monoisotopic (exact) mass is 385 g/mol. The molecule has 106 valence electrons. The fourth-order valence-electron chi connectivity index (χ4n) is 2.59. The van der Waals surface area contributed by atoms with Crippen LogP contribution < -0.4 is 0 Å². The van der Waals surface area contributed by atoms with Crippen LogP contribution in [0.1, 0.15) is 24.3 Å². The standard InChI is InChI=1S/C13H16IN5O/c14-13-10-15-18(19(20)16-13)17-8-6-12(7-9-17)11-4-2-1-3-5-11/h1-5,10,12,20H,6-9H2. The van der Waals surface area contributed by atoms with Crippen molar-refractivity contribution in [1.29, 1.82) is 0 Å². The Labute approximate surface area is 131 Å². The van der Waals surface area contributed by atoms with E-state index in [1.807, 2.05) is 33.7 Å². The zero-order chi connectivity index (χ0) is 13.9. The van der Waals surface area contributed by atoms with E-state index in [2.05, 4.69) is 34.5 Å². The minimum Gasteiger partial charge on any atom is -0.250 e. The SMILES string of the molecule is ON1N=C(I)C=NN1N1CCC(c2ccccc2)CC1. The molecule has 1 aromatic rings. The molecule has 7 heteroatoms. The predicted molar refractivity (Wildman–Crippen MR) is 85.4 cm³/mol. The molecule has 1 N–H and O–H groups in total. The average Bonchev–Trinajstić information content (AvgIpc) is 2.48. The van der Waals surface area contributed by atoms with Crippen LogP contribution in [-0.4, -0.2) is 43.7 Å². The molecule has 0 aromatic heterocycles. The summed E-state index contributed by atoms with van der Waals surface area (Å²) in [6.07, 6.45) is 3.73. The second-order valence-electron chi connectivity index (χ2n) is 4.84. The van der Waals surface area contributed by atoms with Crippen molar-refractivity contribution in [3.05, 3.63) is 35.9 Å². The molecule has 0 unspecified atom stereocenters. The molecular weight excluding hydrogens is 369 g/mol. The van der Waals surface area contributed by atoms with Crippen LogP contribution in [0.4, 0.5) is 0 Å². The Kier molecular flexibility index (Phi) is 4.18. The first-order valence-electron chi connectivity index (χ1n) is 6.61. The lowest BCUT2D eigenvalue weighted by atomic mass is 9.90. The third kappa shape index (κ3) is 2.94. The third-order valence-corrected chi connectivity index (χ3v) is 4.10. The van der Waals surface area contributed by atoms with Crippen molar-refractivity contribution >= 4 is 32.5 Å². The van der Waals surface area contributed by atoms with Gasteiger partial charge < -0.3 is 0 Å². The van der Waals surface area contributed by atoms with E-state index in [4.69, 9.17) is 0 Å². The third-order valence-electron chi connectivity index (χ3n) is 3.61. The van der Waals surface area contributed by atoms with Gasteiger partial charge in [0.25, 0.3) is 0 Å². The molecule has 1 fully saturated rings. The summed E-state index contributed by atoms with van der Waals surface area (Å²) in [6, 6.07) is 10.6. The molecule has 0 bridgehead atoms. The largest absolute Gasteiger partial charge is 0.250 e. The first-order chi connectivity index (χ1) is 9.74. The molecule has 2 heterocycles. The molecular formula is C13H16IN5O. The van der Waals surface area contributed by atoms with Crippen molar-refractivity contribution in [3.63, 3.8) is 0 Å². The summed E-state index contributed by atoms with van der Waals surface area (Å²) in [5, 5.41) is 22.1. The van der Waals surface area contributed by atoms with Crippen molar-refractivity contribution in [2.45, 2.75) is 18.8 Å². The Morgan fingerprint density at radius 2 is 1.85 bits per heavy atom. The van der Waals surface area contributed by atoms with Gasteiger partial charge in [-0.15, -0.1) is 10.2 Å². The number of piperidine rings is 1. The zero-order valence-electron chi connectivity index (χ0n) is 10.9. The van der Waals surface area contributed by atoms with E-state index < -0.39 is 0 Å². The maximum atomic E-state index is 9.79. The molecule has 0 amide bonds. The molecule has 3 rings (SSSR count). The van der Waals surface area contributed by atoms with E-state index in [-0.39, 0.29) is 0 Å². The second kappa shape index (κ2) is 6.06. The highest BCUT2D eigenvalue weighted by molar-refractivity contribution is 14.1. The first kappa shape index (κ1) is 13.8. The van der Waals surface area contributed by atoms with Gasteiger partial charge in [-0.1, -0.05) is 35.6 Å². The van der Waals surface area contributed by atoms with Crippen LogP contribution in [-0.2, 0) is 0 Å². The fraction of sp³-hybridized carbons (Fsp3) is 0.385. The predicted octanol–water partition coefficient (Wildman–Crippen LogP) is 2.44. The Bertz CT molecular complexity index is 513. The van der Waals surface area contributed by atoms with E-state index in [9.17, 15) is 5.21 Å². The molecule has 6 nitrogen and oxygen atoms in total. The first-order valence-corrected chi connectivity index (χ1v) is 7.69. The molecule has 0 spiro atoms. The normalized spacial score (nSPS) is 21.2. The molecule has 0 aliphatic carbocycles. The van der Waals surface area contributed by atoms with Crippen LogP contribution in [0.3, 0.4) is 0 Å². The van der Waals surface area contributed by atoms with Crippen LogP contribution in [0.25, 0.3) is 0 Å². The van der Waals surface area contributed by atoms with Gasteiger partial charge in [0.2, 0.25) is 0 Å². The van der Waals surface area contributed by atoms with Crippen molar-refractivity contribution in [2.75, 3.05) is 13.1 Å². The summed E-state index contributed by atoms with van der Waals surface area (Å²) in [5.41, 5.74) is 1.39. The molecule has 0 radical (unpaired) electrons. The Morgan fingerprint density at radius 1 is 1.15 bits per heavy atom. The summed E-state index contributed by atoms with van der Waals surface area (Å²) < 4.78 is 0.653. The summed E-state index contributed by atoms with van der Waals surface area (Å²) in [6.45, 7) is 1.69. The lowest BCUT2D eigenvalue weighted by Gasteiger charge is -2.39. The Hall–Kier alpha value is -1.19. The van der Waals surface area contributed by atoms with Crippen molar-refractivity contribution in [2.24, 2.45) is 10.2 Å². The molecule has 1 saturated heterocycles. The van der Waals surface area contributed by atoms with Crippen LogP contribution >= 0.6 is 22.6 Å². The number of nitrogens with zero attached hydrogens (tertiary/aromatic N) is 5. The fourth-order valence-corrected chi connectivity index (χ4v) is 2.90. The topological polar surface area (TPSA) is 54.7 Å². The van der Waals surface area contributed by atoms with E-state index in [1.165, 1.54) is 10.8 Å². The van der Waals surface area contributed by atoms with Gasteiger partial charge in [-0.2, -0.15) is 5.01 Å². The number of rotatable bonds is 2. The molecule has 20 heavy (non-hydrogen) atoms. The van der Waals surface area contributed by atoms with Crippen LogP contribution in [0.15, 0.2) is 40.5 Å². The summed E-state index contributed by atoms with van der Waals surface area (Å²) >= 11 is 2.02. The molecule has 1 aromatic carbocycles. The van der Waals surface area contributed by atoms with Gasteiger partial charge in [-0.25, -0.2) is 0 Å². The van der Waals surface area contributed by atoms with Gasteiger partial charge in [0.15, 0.2) is 0 Å². The summed E-state index contributed by atoms with van der Waals surface area (Å²) in [7, 11) is 0. The van der Waals surface area contributed by atoms with Gasteiger partial charge in [-0.3, -0.25) is 5.21 Å². The maximum absolute atomic E-state index is 9.79. The summed E-state index contributed by atoms with van der Waals surface area (Å²) in [4.78, 5) is 0. The smallest absolute Gasteiger partial charge is 0.146 e. The number of hydrazine groups is 2. The van der Waals surface area contributed by atoms with Crippen LogP contribution in [0.2, 0.25) is 0 Å². The Balaban J connectivity index is 1.61. The number of halogens is 1. The highest BCUT2D eigenvalue weighted by atomic mass is 127. The van der Waals surface area contributed by atoms with E-state index >= 15 is 0 Å².